The smallest absolute Gasteiger partial charge is 0.214 e. The molecule has 0 bridgehead atoms. The molecule has 0 radical (unpaired) electrons. The van der Waals surface area contributed by atoms with Crippen molar-refractivity contribution in [1.82, 2.24) is 5.01 Å². The molecule has 2 unspecified atom stereocenters. The Morgan fingerprint density at radius 1 is 0.935 bits per heavy atom. The van der Waals surface area contributed by atoms with Crippen LogP contribution in [0.15, 0.2) is 77.9 Å². The number of fused-ring (bicyclic) bond motifs is 3. The molecule has 2 atom stereocenters. The van der Waals surface area contributed by atoms with Crippen LogP contribution in [0.3, 0.4) is 0 Å². The van der Waals surface area contributed by atoms with Crippen molar-refractivity contribution >= 4 is 5.71 Å². The summed E-state index contributed by atoms with van der Waals surface area (Å²) in [7, 11) is 1.69. The Morgan fingerprint density at radius 3 is 2.35 bits per heavy atom. The minimum absolute atomic E-state index is 0.108. The van der Waals surface area contributed by atoms with Crippen LogP contribution in [0, 0.1) is 0 Å². The van der Waals surface area contributed by atoms with Crippen molar-refractivity contribution in [3.05, 3.63) is 95.1 Å². The van der Waals surface area contributed by atoms with E-state index in [1.807, 2.05) is 18.2 Å². The van der Waals surface area contributed by atoms with E-state index in [1.54, 1.807) is 7.11 Å². The van der Waals surface area contributed by atoms with Gasteiger partial charge in [0.25, 0.3) is 0 Å². The average molecular weight is 413 g/mol. The summed E-state index contributed by atoms with van der Waals surface area (Å²) in [6, 6.07) is 25.4. The maximum atomic E-state index is 6.56. The molecule has 0 saturated carbocycles. The van der Waals surface area contributed by atoms with Gasteiger partial charge in [-0.25, -0.2) is 5.01 Å². The molecule has 2 aliphatic rings. The molecule has 2 heterocycles. The highest BCUT2D eigenvalue weighted by Gasteiger charge is 2.42. The van der Waals surface area contributed by atoms with Crippen LogP contribution in [0.25, 0.3) is 0 Å². The molecule has 0 N–H and O–H groups in total. The van der Waals surface area contributed by atoms with Crippen molar-refractivity contribution in [3.63, 3.8) is 0 Å². The fraction of sp³-hybridized carbons (Fsp3) is 0.296. The molecule has 158 valence electrons. The summed E-state index contributed by atoms with van der Waals surface area (Å²) in [6.45, 7) is 6.69. The van der Waals surface area contributed by atoms with E-state index < -0.39 is 0 Å². The van der Waals surface area contributed by atoms with E-state index in [1.165, 1.54) is 5.56 Å². The molecule has 0 saturated heterocycles. The van der Waals surface area contributed by atoms with Gasteiger partial charge < -0.3 is 9.47 Å². The number of methoxy groups -OCH3 is 1. The average Bonchev–Trinajstić information content (AvgIpc) is 3.24. The summed E-state index contributed by atoms with van der Waals surface area (Å²) in [5.74, 6) is 1.59. The summed E-state index contributed by atoms with van der Waals surface area (Å²) in [6.07, 6.45) is 0.536. The summed E-state index contributed by atoms with van der Waals surface area (Å²) < 4.78 is 12.2. The third-order valence-electron chi connectivity index (χ3n) is 6.17. The van der Waals surface area contributed by atoms with Crippen LogP contribution < -0.4 is 9.47 Å². The number of benzene rings is 3. The number of para-hydroxylation sites is 1. The Hall–Kier alpha value is -3.27. The normalized spacial score (nSPS) is 19.9. The fourth-order valence-electron chi connectivity index (χ4n) is 4.42. The number of hydrogen-bond donors (Lipinski definition) is 0. The van der Waals surface area contributed by atoms with E-state index in [4.69, 9.17) is 14.6 Å². The second kappa shape index (κ2) is 7.45. The predicted molar refractivity (Wildman–Crippen MR) is 124 cm³/mol. The van der Waals surface area contributed by atoms with Gasteiger partial charge in [0, 0.05) is 17.5 Å². The Morgan fingerprint density at radius 2 is 1.68 bits per heavy atom. The van der Waals surface area contributed by atoms with E-state index in [0.717, 1.165) is 40.3 Å². The van der Waals surface area contributed by atoms with Crippen molar-refractivity contribution < 1.29 is 9.47 Å². The summed E-state index contributed by atoms with van der Waals surface area (Å²) in [5.41, 5.74) is 5.86. The Bertz CT molecular complexity index is 1110. The van der Waals surface area contributed by atoms with Crippen LogP contribution in [0.1, 0.15) is 61.7 Å². The molecule has 5 rings (SSSR count). The Kier molecular flexibility index (Phi) is 4.73. The second-order valence-corrected chi connectivity index (χ2v) is 9.23. The van der Waals surface area contributed by atoms with E-state index in [2.05, 4.69) is 80.4 Å². The predicted octanol–water partition coefficient (Wildman–Crippen LogP) is 6.24. The number of hydrazone groups is 1. The van der Waals surface area contributed by atoms with E-state index >= 15 is 0 Å². The summed E-state index contributed by atoms with van der Waals surface area (Å²) in [5, 5.41) is 7.17. The number of ether oxygens (including phenoxy) is 2. The highest BCUT2D eigenvalue weighted by molar-refractivity contribution is 6.01. The van der Waals surface area contributed by atoms with Gasteiger partial charge in [0.2, 0.25) is 6.23 Å². The number of rotatable bonds is 3. The second-order valence-electron chi connectivity index (χ2n) is 9.23. The molecule has 2 aliphatic heterocycles. The van der Waals surface area contributed by atoms with Crippen molar-refractivity contribution in [2.24, 2.45) is 5.10 Å². The third kappa shape index (κ3) is 3.46. The van der Waals surface area contributed by atoms with Crippen molar-refractivity contribution in [3.8, 4) is 11.5 Å². The fourth-order valence-corrected chi connectivity index (χ4v) is 4.42. The van der Waals surface area contributed by atoms with Crippen LogP contribution in [0.5, 0.6) is 11.5 Å². The van der Waals surface area contributed by atoms with Crippen molar-refractivity contribution in [2.75, 3.05) is 7.11 Å². The lowest BCUT2D eigenvalue weighted by Gasteiger charge is -2.38. The van der Waals surface area contributed by atoms with Crippen LogP contribution >= 0.6 is 0 Å². The molecular formula is C27H28N2O2. The van der Waals surface area contributed by atoms with Crippen molar-refractivity contribution in [1.29, 1.82) is 0 Å². The van der Waals surface area contributed by atoms with E-state index in [9.17, 15) is 0 Å². The molecule has 0 aliphatic carbocycles. The highest BCUT2D eigenvalue weighted by Crippen LogP contribution is 2.50. The molecule has 0 fully saturated rings. The van der Waals surface area contributed by atoms with Gasteiger partial charge in [-0.1, -0.05) is 87.5 Å². The molecule has 3 aromatic rings. The third-order valence-corrected chi connectivity index (χ3v) is 6.17. The van der Waals surface area contributed by atoms with Gasteiger partial charge in [0.15, 0.2) is 11.5 Å². The zero-order valence-electron chi connectivity index (χ0n) is 18.5. The largest absolute Gasteiger partial charge is 0.493 e. The maximum Gasteiger partial charge on any atom is 0.214 e. The topological polar surface area (TPSA) is 34.1 Å². The monoisotopic (exact) mass is 412 g/mol. The lowest BCUT2D eigenvalue weighted by molar-refractivity contribution is -0.0209. The zero-order chi connectivity index (χ0) is 21.6. The first kappa shape index (κ1) is 19.7. The van der Waals surface area contributed by atoms with Gasteiger partial charge in [-0.3, -0.25) is 0 Å². The van der Waals surface area contributed by atoms with Crippen LogP contribution in [-0.2, 0) is 5.41 Å². The SMILES string of the molecule is COc1cccc2c1OC(c1ccc(C(C)(C)C)cc1)N1N=C(c3ccccc3)CC21. The van der Waals surface area contributed by atoms with E-state index in [-0.39, 0.29) is 17.7 Å². The number of hydrogen-bond acceptors (Lipinski definition) is 4. The van der Waals surface area contributed by atoms with Crippen LogP contribution in [0.2, 0.25) is 0 Å². The Balaban J connectivity index is 1.59. The lowest BCUT2D eigenvalue weighted by atomic mass is 9.86. The zero-order valence-corrected chi connectivity index (χ0v) is 18.5. The lowest BCUT2D eigenvalue weighted by Crippen LogP contribution is -2.34. The summed E-state index contributed by atoms with van der Waals surface area (Å²) in [4.78, 5) is 0. The molecule has 3 aromatic carbocycles. The quantitative estimate of drug-likeness (QED) is 0.511. The Labute approximate surface area is 184 Å². The molecule has 0 spiro atoms. The van der Waals surface area contributed by atoms with Crippen LogP contribution in [-0.4, -0.2) is 17.8 Å². The minimum Gasteiger partial charge on any atom is -0.493 e. The number of nitrogens with zero attached hydrogens (tertiary/aromatic N) is 2. The molecular weight excluding hydrogens is 384 g/mol. The van der Waals surface area contributed by atoms with E-state index in [0.29, 0.717) is 0 Å². The highest BCUT2D eigenvalue weighted by atomic mass is 16.5. The maximum absolute atomic E-state index is 6.56. The minimum atomic E-state index is -0.302. The first-order chi connectivity index (χ1) is 15.0. The van der Waals surface area contributed by atoms with Gasteiger partial charge in [0.1, 0.15) is 0 Å². The van der Waals surface area contributed by atoms with Crippen LogP contribution in [0.4, 0.5) is 0 Å². The van der Waals surface area contributed by atoms with Gasteiger partial charge in [0.05, 0.1) is 18.9 Å². The standard InChI is InChI=1S/C27H28N2O2/c1-27(2,3)20-15-13-19(14-16-20)26-29-23(17-22(28-29)18-9-6-5-7-10-18)21-11-8-12-24(30-4)25(21)31-26/h5-16,23,26H,17H2,1-4H3. The first-order valence-electron chi connectivity index (χ1n) is 10.8. The molecule has 0 amide bonds. The summed E-state index contributed by atoms with van der Waals surface area (Å²) >= 11 is 0. The van der Waals surface area contributed by atoms with Gasteiger partial charge in [-0.15, -0.1) is 0 Å². The van der Waals surface area contributed by atoms with Gasteiger partial charge in [-0.05, 0) is 22.6 Å². The van der Waals surface area contributed by atoms with Gasteiger partial charge in [-0.2, -0.15) is 5.10 Å². The first-order valence-corrected chi connectivity index (χ1v) is 10.8. The van der Waals surface area contributed by atoms with Gasteiger partial charge >= 0.3 is 0 Å². The van der Waals surface area contributed by atoms with Crippen molar-refractivity contribution in [2.45, 2.75) is 44.9 Å². The molecule has 0 aromatic heterocycles. The molecule has 4 nitrogen and oxygen atoms in total. The molecule has 31 heavy (non-hydrogen) atoms. The molecule has 4 heteroatoms.